The molecule has 0 bridgehead atoms. The number of halogens is 2. The van der Waals surface area contributed by atoms with Crippen LogP contribution in [0.5, 0.6) is 5.75 Å². The SMILES string of the molecule is CC(C)n1c(-c2ccc(Cl)cc2O)nc2ccc(F)cc21. The lowest BCUT2D eigenvalue weighted by Crippen LogP contribution is -2.03. The number of aromatic nitrogens is 2. The van der Waals surface area contributed by atoms with Gasteiger partial charge < -0.3 is 9.67 Å². The van der Waals surface area contributed by atoms with E-state index in [1.165, 1.54) is 18.2 Å². The third-order valence-corrected chi connectivity index (χ3v) is 3.60. The van der Waals surface area contributed by atoms with E-state index in [2.05, 4.69) is 4.98 Å². The third kappa shape index (κ3) is 2.36. The van der Waals surface area contributed by atoms with E-state index in [0.717, 1.165) is 0 Å². The van der Waals surface area contributed by atoms with Crippen LogP contribution in [0.25, 0.3) is 22.4 Å². The van der Waals surface area contributed by atoms with Crippen molar-refractivity contribution in [2.75, 3.05) is 0 Å². The summed E-state index contributed by atoms with van der Waals surface area (Å²) in [5.74, 6) is 0.344. The molecule has 0 spiro atoms. The van der Waals surface area contributed by atoms with Crippen LogP contribution in [-0.2, 0) is 0 Å². The van der Waals surface area contributed by atoms with Crippen molar-refractivity contribution in [1.29, 1.82) is 0 Å². The Kier molecular flexibility index (Phi) is 3.33. The molecular weight excluding hydrogens is 291 g/mol. The summed E-state index contributed by atoms with van der Waals surface area (Å²) in [5, 5.41) is 10.6. The van der Waals surface area contributed by atoms with Gasteiger partial charge in [-0.05, 0) is 50.2 Å². The molecule has 0 saturated carbocycles. The second-order valence-electron chi connectivity index (χ2n) is 5.19. The maximum atomic E-state index is 13.5. The smallest absolute Gasteiger partial charge is 0.145 e. The standard InChI is InChI=1S/C16H14ClFN2O/c1-9(2)20-14-8-11(18)4-6-13(14)19-16(20)12-5-3-10(17)7-15(12)21/h3-9,21H,1-2H3. The quantitative estimate of drug-likeness (QED) is 0.739. The molecule has 21 heavy (non-hydrogen) atoms. The summed E-state index contributed by atoms with van der Waals surface area (Å²) in [6.07, 6.45) is 0. The maximum Gasteiger partial charge on any atom is 0.145 e. The average molecular weight is 305 g/mol. The van der Waals surface area contributed by atoms with Crippen LogP contribution in [0.3, 0.4) is 0 Å². The first-order chi connectivity index (χ1) is 9.97. The molecule has 0 radical (unpaired) electrons. The molecule has 3 rings (SSSR count). The maximum absolute atomic E-state index is 13.5. The molecule has 3 nitrogen and oxygen atoms in total. The van der Waals surface area contributed by atoms with Crippen molar-refractivity contribution in [3.8, 4) is 17.1 Å². The van der Waals surface area contributed by atoms with Crippen LogP contribution < -0.4 is 0 Å². The lowest BCUT2D eigenvalue weighted by atomic mass is 10.2. The summed E-state index contributed by atoms with van der Waals surface area (Å²) >= 11 is 5.87. The van der Waals surface area contributed by atoms with E-state index in [-0.39, 0.29) is 17.6 Å². The number of imidazole rings is 1. The topological polar surface area (TPSA) is 38.0 Å². The number of benzene rings is 2. The van der Waals surface area contributed by atoms with Gasteiger partial charge in [0.2, 0.25) is 0 Å². The van der Waals surface area contributed by atoms with Crippen LogP contribution in [0.15, 0.2) is 36.4 Å². The fourth-order valence-corrected chi connectivity index (χ4v) is 2.64. The number of aromatic hydroxyl groups is 1. The zero-order valence-corrected chi connectivity index (χ0v) is 12.4. The molecule has 0 saturated heterocycles. The molecule has 1 N–H and O–H groups in total. The van der Waals surface area contributed by atoms with E-state index >= 15 is 0 Å². The summed E-state index contributed by atoms with van der Waals surface area (Å²) < 4.78 is 15.4. The second-order valence-corrected chi connectivity index (χ2v) is 5.63. The Morgan fingerprint density at radius 2 is 1.95 bits per heavy atom. The number of phenols is 1. The van der Waals surface area contributed by atoms with Gasteiger partial charge in [0, 0.05) is 11.1 Å². The van der Waals surface area contributed by atoms with E-state index in [0.29, 0.717) is 27.4 Å². The van der Waals surface area contributed by atoms with Crippen molar-refractivity contribution in [2.24, 2.45) is 0 Å². The molecule has 0 aliphatic carbocycles. The van der Waals surface area contributed by atoms with Gasteiger partial charge in [0.25, 0.3) is 0 Å². The molecule has 0 amide bonds. The number of hydrogen-bond acceptors (Lipinski definition) is 2. The molecule has 0 fully saturated rings. The minimum atomic E-state index is -0.309. The third-order valence-electron chi connectivity index (χ3n) is 3.37. The fraction of sp³-hybridized carbons (Fsp3) is 0.188. The second kappa shape index (κ2) is 5.04. The van der Waals surface area contributed by atoms with Crippen LogP contribution in [0.2, 0.25) is 5.02 Å². The van der Waals surface area contributed by atoms with Crippen LogP contribution in [0.4, 0.5) is 4.39 Å². The first-order valence-corrected chi connectivity index (χ1v) is 7.01. The van der Waals surface area contributed by atoms with E-state index in [4.69, 9.17) is 11.6 Å². The Bertz CT molecular complexity index is 827. The number of phenolic OH excluding ortho intramolecular Hbond substituents is 1. The van der Waals surface area contributed by atoms with Crippen LogP contribution >= 0.6 is 11.6 Å². The van der Waals surface area contributed by atoms with Gasteiger partial charge in [0.05, 0.1) is 16.6 Å². The van der Waals surface area contributed by atoms with E-state index in [9.17, 15) is 9.50 Å². The molecule has 3 aromatic rings. The Labute approximate surface area is 126 Å². The Morgan fingerprint density at radius 3 is 2.62 bits per heavy atom. The minimum absolute atomic E-state index is 0.0557. The molecule has 1 heterocycles. The lowest BCUT2D eigenvalue weighted by Gasteiger charge is -2.14. The molecule has 2 aromatic carbocycles. The zero-order valence-electron chi connectivity index (χ0n) is 11.6. The zero-order chi connectivity index (χ0) is 15.1. The van der Waals surface area contributed by atoms with Gasteiger partial charge >= 0.3 is 0 Å². The molecule has 0 aliphatic heterocycles. The van der Waals surface area contributed by atoms with Gasteiger partial charge in [-0.2, -0.15) is 0 Å². The van der Waals surface area contributed by atoms with Gasteiger partial charge in [-0.3, -0.25) is 0 Å². The van der Waals surface area contributed by atoms with Gasteiger partial charge in [-0.25, -0.2) is 9.37 Å². The lowest BCUT2D eigenvalue weighted by molar-refractivity contribution is 0.476. The number of nitrogens with zero attached hydrogens (tertiary/aromatic N) is 2. The summed E-state index contributed by atoms with van der Waals surface area (Å²) in [7, 11) is 0. The van der Waals surface area contributed by atoms with Crippen molar-refractivity contribution < 1.29 is 9.50 Å². The van der Waals surface area contributed by atoms with Gasteiger partial charge in [0.15, 0.2) is 0 Å². The van der Waals surface area contributed by atoms with Crippen molar-refractivity contribution in [3.63, 3.8) is 0 Å². The highest BCUT2D eigenvalue weighted by Gasteiger charge is 2.18. The normalized spacial score (nSPS) is 11.5. The van der Waals surface area contributed by atoms with E-state index < -0.39 is 0 Å². The van der Waals surface area contributed by atoms with E-state index in [1.54, 1.807) is 18.2 Å². The van der Waals surface area contributed by atoms with Crippen molar-refractivity contribution in [1.82, 2.24) is 9.55 Å². The molecule has 5 heteroatoms. The van der Waals surface area contributed by atoms with Gasteiger partial charge in [0.1, 0.15) is 17.4 Å². The number of hydrogen-bond donors (Lipinski definition) is 1. The summed E-state index contributed by atoms with van der Waals surface area (Å²) in [6, 6.07) is 9.43. The van der Waals surface area contributed by atoms with Crippen molar-refractivity contribution in [3.05, 3.63) is 47.2 Å². The van der Waals surface area contributed by atoms with Crippen molar-refractivity contribution in [2.45, 2.75) is 19.9 Å². The Hall–Kier alpha value is -2.07. The van der Waals surface area contributed by atoms with Crippen LogP contribution in [0.1, 0.15) is 19.9 Å². The largest absolute Gasteiger partial charge is 0.507 e. The fourth-order valence-electron chi connectivity index (χ4n) is 2.47. The highest BCUT2D eigenvalue weighted by Crippen LogP contribution is 2.35. The number of rotatable bonds is 2. The monoisotopic (exact) mass is 304 g/mol. The van der Waals surface area contributed by atoms with Crippen LogP contribution in [-0.4, -0.2) is 14.7 Å². The Morgan fingerprint density at radius 1 is 1.19 bits per heavy atom. The average Bonchev–Trinajstić information content (AvgIpc) is 2.76. The first-order valence-electron chi connectivity index (χ1n) is 6.63. The van der Waals surface area contributed by atoms with Gasteiger partial charge in [-0.15, -0.1) is 0 Å². The first kappa shape index (κ1) is 13.9. The van der Waals surface area contributed by atoms with Crippen molar-refractivity contribution >= 4 is 22.6 Å². The molecule has 108 valence electrons. The molecule has 1 aromatic heterocycles. The summed E-state index contributed by atoms with van der Waals surface area (Å²) in [4.78, 5) is 4.53. The molecule has 0 unspecified atom stereocenters. The van der Waals surface area contributed by atoms with E-state index in [1.807, 2.05) is 18.4 Å². The highest BCUT2D eigenvalue weighted by atomic mass is 35.5. The Balaban J connectivity index is 2.34. The summed E-state index contributed by atoms with van der Waals surface area (Å²) in [5.41, 5.74) is 1.97. The number of fused-ring (bicyclic) bond motifs is 1. The van der Waals surface area contributed by atoms with Crippen LogP contribution in [0, 0.1) is 5.82 Å². The predicted octanol–water partition coefficient (Wildman–Crippen LogP) is 4.78. The molecule has 0 aliphatic rings. The summed E-state index contributed by atoms with van der Waals surface area (Å²) in [6.45, 7) is 3.98. The molecule has 0 atom stereocenters. The minimum Gasteiger partial charge on any atom is -0.507 e. The molecular formula is C16H14ClFN2O. The predicted molar refractivity (Wildman–Crippen MR) is 82.2 cm³/mol. The highest BCUT2D eigenvalue weighted by molar-refractivity contribution is 6.30. The van der Waals surface area contributed by atoms with Gasteiger partial charge in [-0.1, -0.05) is 11.6 Å².